The number of amides is 1. The molecule has 0 bridgehead atoms. The maximum atomic E-state index is 11.8. The molecule has 0 unspecified atom stereocenters. The number of anilines is 2. The molecule has 98 valence electrons. The van der Waals surface area contributed by atoms with Crippen LogP contribution < -0.4 is 16.6 Å². The number of rotatable bonds is 3. The third kappa shape index (κ3) is 3.33. The summed E-state index contributed by atoms with van der Waals surface area (Å²) in [6.45, 7) is 0. The Morgan fingerprint density at radius 3 is 2.63 bits per heavy atom. The van der Waals surface area contributed by atoms with Crippen molar-refractivity contribution in [3.8, 4) is 0 Å². The van der Waals surface area contributed by atoms with Crippen LogP contribution in [0, 0.1) is 0 Å². The van der Waals surface area contributed by atoms with E-state index in [9.17, 15) is 4.79 Å². The number of nitrogens with zero attached hydrogens (tertiary/aromatic N) is 2. The Balaban J connectivity index is 2.04. The van der Waals surface area contributed by atoms with Crippen LogP contribution >= 0.6 is 27.5 Å². The lowest BCUT2D eigenvalue weighted by Gasteiger charge is -2.09. The Kier molecular flexibility index (Phi) is 4.18. The molecule has 1 amide bonds. The zero-order chi connectivity index (χ0) is 13.8. The minimum atomic E-state index is -0.318. The van der Waals surface area contributed by atoms with Crippen LogP contribution in [0.1, 0.15) is 10.4 Å². The third-order valence-corrected chi connectivity index (χ3v) is 3.07. The van der Waals surface area contributed by atoms with Crippen molar-refractivity contribution in [2.45, 2.75) is 0 Å². The molecule has 0 fully saturated rings. The lowest BCUT2D eigenvalue weighted by Crippen LogP contribution is -2.30. The molecule has 2 aromatic rings. The van der Waals surface area contributed by atoms with Crippen molar-refractivity contribution >= 4 is 44.9 Å². The van der Waals surface area contributed by atoms with Crippen molar-refractivity contribution in [2.75, 3.05) is 11.2 Å². The lowest BCUT2D eigenvalue weighted by molar-refractivity contribution is 0.0962. The van der Waals surface area contributed by atoms with Crippen molar-refractivity contribution in [1.29, 1.82) is 0 Å². The van der Waals surface area contributed by atoms with Crippen LogP contribution in [-0.2, 0) is 0 Å². The van der Waals surface area contributed by atoms with E-state index < -0.39 is 0 Å². The van der Waals surface area contributed by atoms with Gasteiger partial charge in [-0.15, -0.1) is 0 Å². The van der Waals surface area contributed by atoms with E-state index in [-0.39, 0.29) is 22.6 Å². The van der Waals surface area contributed by atoms with Crippen molar-refractivity contribution in [2.24, 2.45) is 0 Å². The van der Waals surface area contributed by atoms with Crippen LogP contribution in [0.15, 0.2) is 35.1 Å². The molecule has 2 rings (SSSR count). The number of hydrogen-bond donors (Lipinski definition) is 3. The minimum Gasteiger partial charge on any atom is -0.393 e. The fourth-order valence-electron chi connectivity index (χ4n) is 1.26. The van der Waals surface area contributed by atoms with Gasteiger partial charge in [0.1, 0.15) is 12.0 Å². The maximum absolute atomic E-state index is 11.8. The van der Waals surface area contributed by atoms with Gasteiger partial charge in [0, 0.05) is 10.0 Å². The summed E-state index contributed by atoms with van der Waals surface area (Å²) in [6.07, 6.45) is 1.24. The molecule has 1 aromatic carbocycles. The molecule has 4 N–H and O–H groups in total. The Morgan fingerprint density at radius 2 is 1.95 bits per heavy atom. The van der Waals surface area contributed by atoms with E-state index in [0.717, 1.165) is 4.47 Å². The van der Waals surface area contributed by atoms with E-state index in [4.69, 9.17) is 17.3 Å². The van der Waals surface area contributed by atoms with Gasteiger partial charge in [-0.05, 0) is 24.3 Å². The van der Waals surface area contributed by atoms with Crippen LogP contribution in [-0.4, -0.2) is 15.9 Å². The molecular weight excluding hydrogens is 334 g/mol. The summed E-state index contributed by atoms with van der Waals surface area (Å²) in [6, 6.07) is 6.89. The van der Waals surface area contributed by atoms with Crippen LogP contribution in [0.3, 0.4) is 0 Å². The first-order chi connectivity index (χ1) is 9.08. The maximum Gasteiger partial charge on any atom is 0.269 e. The van der Waals surface area contributed by atoms with Crippen molar-refractivity contribution in [3.05, 3.63) is 45.8 Å². The number of aromatic nitrogens is 2. The smallest absolute Gasteiger partial charge is 0.269 e. The number of carbonyl (C=O) groups is 1. The fraction of sp³-hybridized carbons (Fsp3) is 0. The predicted molar refractivity (Wildman–Crippen MR) is 76.7 cm³/mol. The van der Waals surface area contributed by atoms with E-state index in [2.05, 4.69) is 36.7 Å². The quantitative estimate of drug-likeness (QED) is 0.587. The molecule has 1 aromatic heterocycles. The first-order valence-electron chi connectivity index (χ1n) is 5.16. The van der Waals surface area contributed by atoms with Gasteiger partial charge < -0.3 is 5.73 Å². The summed E-state index contributed by atoms with van der Waals surface area (Å²) >= 11 is 9.02. The molecule has 1 heterocycles. The Morgan fingerprint density at radius 1 is 1.26 bits per heavy atom. The highest BCUT2D eigenvalue weighted by atomic mass is 79.9. The molecule has 0 aliphatic rings. The average molecular weight is 343 g/mol. The lowest BCUT2D eigenvalue weighted by atomic mass is 10.2. The molecule has 0 aliphatic carbocycles. The molecule has 19 heavy (non-hydrogen) atoms. The molecule has 6 nitrogen and oxygen atoms in total. The first kappa shape index (κ1) is 13.6. The van der Waals surface area contributed by atoms with Gasteiger partial charge in [0.2, 0.25) is 0 Å². The predicted octanol–water partition coefficient (Wildman–Crippen LogP) is 2.23. The van der Waals surface area contributed by atoms with Crippen molar-refractivity contribution in [3.63, 3.8) is 0 Å². The number of halogens is 2. The number of nitrogens with one attached hydrogen (secondary N) is 2. The van der Waals surface area contributed by atoms with E-state index in [1.54, 1.807) is 24.3 Å². The van der Waals surface area contributed by atoms with Crippen molar-refractivity contribution in [1.82, 2.24) is 15.4 Å². The summed E-state index contributed by atoms with van der Waals surface area (Å²) in [7, 11) is 0. The Hall–Kier alpha value is -1.86. The number of nitrogen functional groups attached to an aromatic ring is 1. The zero-order valence-electron chi connectivity index (χ0n) is 9.52. The van der Waals surface area contributed by atoms with Gasteiger partial charge in [-0.25, -0.2) is 9.97 Å². The van der Waals surface area contributed by atoms with E-state index in [1.807, 2.05) is 0 Å². The van der Waals surface area contributed by atoms with Gasteiger partial charge in [-0.1, -0.05) is 27.5 Å². The van der Waals surface area contributed by atoms with Gasteiger partial charge >= 0.3 is 0 Å². The van der Waals surface area contributed by atoms with Gasteiger partial charge in [0.25, 0.3) is 5.91 Å². The first-order valence-corrected chi connectivity index (χ1v) is 6.33. The normalized spacial score (nSPS) is 10.0. The summed E-state index contributed by atoms with van der Waals surface area (Å²) in [5.74, 6) is -0.0768. The highest BCUT2D eigenvalue weighted by molar-refractivity contribution is 9.10. The molecular formula is C11H9BrClN5O. The Bertz CT molecular complexity index is 605. The highest BCUT2D eigenvalue weighted by Crippen LogP contribution is 2.21. The van der Waals surface area contributed by atoms with E-state index in [1.165, 1.54) is 6.33 Å². The SMILES string of the molecule is Nc1c(Cl)ncnc1NNC(=O)c1ccc(Br)cc1. The second-order valence-electron chi connectivity index (χ2n) is 3.51. The largest absolute Gasteiger partial charge is 0.393 e. The van der Waals surface area contributed by atoms with E-state index >= 15 is 0 Å². The number of carbonyl (C=O) groups excluding carboxylic acids is 1. The second kappa shape index (κ2) is 5.85. The van der Waals surface area contributed by atoms with Crippen molar-refractivity contribution < 1.29 is 4.79 Å². The van der Waals surface area contributed by atoms with Gasteiger partial charge in [0.15, 0.2) is 11.0 Å². The standard InChI is InChI=1S/C11H9BrClN5O/c12-7-3-1-6(2-4-7)11(19)18-17-10-8(14)9(13)15-5-16-10/h1-5H,14H2,(H,18,19)(H,15,16,17). The van der Waals surface area contributed by atoms with Crippen LogP contribution in [0.5, 0.6) is 0 Å². The van der Waals surface area contributed by atoms with E-state index in [0.29, 0.717) is 5.56 Å². The summed E-state index contributed by atoms with van der Waals surface area (Å²) in [5.41, 5.74) is 11.4. The molecule has 0 radical (unpaired) electrons. The topological polar surface area (TPSA) is 92.9 Å². The molecule has 0 saturated heterocycles. The number of benzene rings is 1. The summed E-state index contributed by atoms with van der Waals surface area (Å²) < 4.78 is 0.892. The number of hydrazine groups is 1. The molecule has 0 spiro atoms. The van der Waals surface area contributed by atoms with Gasteiger partial charge in [-0.3, -0.25) is 15.6 Å². The number of nitrogens with two attached hydrogens (primary N) is 1. The van der Waals surface area contributed by atoms with Gasteiger partial charge in [0.05, 0.1) is 0 Å². The minimum absolute atomic E-state index is 0.121. The average Bonchev–Trinajstić information content (AvgIpc) is 2.41. The van der Waals surface area contributed by atoms with Crippen LogP contribution in [0.4, 0.5) is 11.5 Å². The Labute approximate surface area is 122 Å². The third-order valence-electron chi connectivity index (χ3n) is 2.24. The molecule has 8 heteroatoms. The zero-order valence-corrected chi connectivity index (χ0v) is 11.9. The van der Waals surface area contributed by atoms with Gasteiger partial charge in [-0.2, -0.15) is 0 Å². The number of hydrogen-bond acceptors (Lipinski definition) is 5. The van der Waals surface area contributed by atoms with Crippen LogP contribution in [0.25, 0.3) is 0 Å². The summed E-state index contributed by atoms with van der Waals surface area (Å²) in [5, 5.41) is 0.121. The molecule has 0 aliphatic heterocycles. The van der Waals surface area contributed by atoms with Crippen LogP contribution in [0.2, 0.25) is 5.15 Å². The second-order valence-corrected chi connectivity index (χ2v) is 4.79. The highest BCUT2D eigenvalue weighted by Gasteiger charge is 2.08. The molecule has 0 atom stereocenters. The molecule has 0 saturated carbocycles. The summed E-state index contributed by atoms with van der Waals surface area (Å²) in [4.78, 5) is 19.4. The monoisotopic (exact) mass is 341 g/mol. The fourth-order valence-corrected chi connectivity index (χ4v) is 1.66.